The van der Waals surface area contributed by atoms with E-state index in [9.17, 15) is 4.79 Å². The zero-order chi connectivity index (χ0) is 23.4. The molecular weight excluding hydrogens is 414 g/mol. The van der Waals surface area contributed by atoms with Crippen molar-refractivity contribution >= 4 is 29.2 Å². The van der Waals surface area contributed by atoms with Crippen LogP contribution >= 0.6 is 0 Å². The van der Waals surface area contributed by atoms with E-state index < -0.39 is 0 Å². The number of aromatic nitrogens is 3. The van der Waals surface area contributed by atoms with Crippen LogP contribution in [-0.4, -0.2) is 52.3 Å². The van der Waals surface area contributed by atoms with Crippen LogP contribution in [0.3, 0.4) is 0 Å². The number of rotatable bonds is 4. The lowest BCUT2D eigenvalue weighted by Crippen LogP contribution is -2.50. The minimum Gasteiger partial charge on any atom is -0.352 e. The summed E-state index contributed by atoms with van der Waals surface area (Å²) < 4.78 is 0. The lowest BCUT2D eigenvalue weighted by Gasteiger charge is -2.35. The van der Waals surface area contributed by atoms with Gasteiger partial charge in [0, 0.05) is 38.1 Å². The van der Waals surface area contributed by atoms with E-state index in [2.05, 4.69) is 63.6 Å². The van der Waals surface area contributed by atoms with Gasteiger partial charge in [0.1, 0.15) is 5.82 Å². The van der Waals surface area contributed by atoms with Crippen molar-refractivity contribution in [1.82, 2.24) is 20.1 Å². The van der Waals surface area contributed by atoms with Gasteiger partial charge in [0.05, 0.1) is 0 Å². The molecule has 2 N–H and O–H groups in total. The smallest absolute Gasteiger partial charge is 0.321 e. The van der Waals surface area contributed by atoms with Crippen molar-refractivity contribution in [3.05, 3.63) is 65.9 Å². The first-order chi connectivity index (χ1) is 15.8. The summed E-state index contributed by atoms with van der Waals surface area (Å²) in [7, 11) is 0. The van der Waals surface area contributed by atoms with Crippen LogP contribution in [-0.2, 0) is 5.41 Å². The summed E-state index contributed by atoms with van der Waals surface area (Å²) in [5.74, 6) is 2.19. The van der Waals surface area contributed by atoms with Crippen molar-refractivity contribution in [3.8, 4) is 0 Å². The Kier molecular flexibility index (Phi) is 6.44. The van der Waals surface area contributed by atoms with E-state index in [0.29, 0.717) is 32.0 Å². The van der Waals surface area contributed by atoms with Crippen molar-refractivity contribution in [2.45, 2.75) is 33.1 Å². The highest BCUT2D eigenvalue weighted by Crippen LogP contribution is 2.24. The number of urea groups is 1. The average Bonchev–Trinajstić information content (AvgIpc) is 2.79. The molecule has 1 saturated heterocycles. The summed E-state index contributed by atoms with van der Waals surface area (Å²) in [6.45, 7) is 11.2. The SMILES string of the molecule is Cc1ccnc(Nc2ccc(N3CCN(C(=O)Nc4ccc(C(C)(C)C)cc4)CC3)nn2)c1. The Morgan fingerprint density at radius 1 is 0.909 bits per heavy atom. The van der Waals surface area contributed by atoms with Crippen molar-refractivity contribution < 1.29 is 4.79 Å². The standard InChI is InChI=1S/C25H31N7O/c1-18-11-12-26-22(17-18)28-21-9-10-23(30-29-21)31-13-15-32(16-14-31)24(33)27-20-7-5-19(6-8-20)25(2,3)4/h5-12,17H,13-16H2,1-4H3,(H,27,33)(H,26,28,29). The van der Waals surface area contributed by atoms with Gasteiger partial charge >= 0.3 is 6.03 Å². The fourth-order valence-electron chi connectivity index (χ4n) is 3.69. The van der Waals surface area contributed by atoms with E-state index in [0.717, 1.165) is 22.9 Å². The lowest BCUT2D eigenvalue weighted by molar-refractivity contribution is 0.208. The number of aryl methyl sites for hydroxylation is 1. The quantitative estimate of drug-likeness (QED) is 0.612. The zero-order valence-electron chi connectivity index (χ0n) is 19.7. The molecule has 1 aliphatic heterocycles. The number of hydrogen-bond acceptors (Lipinski definition) is 6. The van der Waals surface area contributed by atoms with Gasteiger partial charge in [-0.3, -0.25) is 0 Å². The van der Waals surface area contributed by atoms with Gasteiger partial charge in [-0.05, 0) is 59.9 Å². The van der Waals surface area contributed by atoms with Gasteiger partial charge in [-0.15, -0.1) is 10.2 Å². The monoisotopic (exact) mass is 445 g/mol. The molecule has 0 spiro atoms. The molecule has 3 heterocycles. The number of pyridine rings is 1. The number of anilines is 4. The number of amides is 2. The van der Waals surface area contributed by atoms with E-state index in [4.69, 9.17) is 0 Å². The Morgan fingerprint density at radius 3 is 2.24 bits per heavy atom. The summed E-state index contributed by atoms with van der Waals surface area (Å²) in [5, 5.41) is 14.8. The van der Waals surface area contributed by atoms with Gasteiger partial charge in [0.25, 0.3) is 0 Å². The summed E-state index contributed by atoms with van der Waals surface area (Å²) in [6.07, 6.45) is 1.76. The maximum atomic E-state index is 12.7. The number of nitrogens with one attached hydrogen (secondary N) is 2. The van der Waals surface area contributed by atoms with Crippen LogP contribution < -0.4 is 15.5 Å². The maximum absolute atomic E-state index is 12.7. The minimum absolute atomic E-state index is 0.0746. The molecule has 0 unspecified atom stereocenters. The zero-order valence-corrected chi connectivity index (χ0v) is 19.7. The Balaban J connectivity index is 1.29. The highest BCUT2D eigenvalue weighted by Gasteiger charge is 2.22. The molecule has 1 aliphatic rings. The van der Waals surface area contributed by atoms with Crippen LogP contribution in [0.4, 0.5) is 27.9 Å². The molecule has 8 nitrogen and oxygen atoms in total. The molecule has 33 heavy (non-hydrogen) atoms. The van der Waals surface area contributed by atoms with Gasteiger partial charge in [-0.1, -0.05) is 32.9 Å². The van der Waals surface area contributed by atoms with E-state index in [-0.39, 0.29) is 11.4 Å². The predicted octanol–water partition coefficient (Wildman–Crippen LogP) is 4.58. The van der Waals surface area contributed by atoms with Crippen LogP contribution in [0.5, 0.6) is 0 Å². The number of nitrogens with zero attached hydrogens (tertiary/aromatic N) is 5. The Morgan fingerprint density at radius 2 is 1.64 bits per heavy atom. The van der Waals surface area contributed by atoms with Crippen LogP contribution in [0.1, 0.15) is 31.9 Å². The van der Waals surface area contributed by atoms with Gasteiger partial charge < -0.3 is 20.4 Å². The van der Waals surface area contributed by atoms with Crippen molar-refractivity contribution in [3.63, 3.8) is 0 Å². The Labute approximate surface area is 195 Å². The summed E-state index contributed by atoms with van der Waals surface area (Å²) in [6, 6.07) is 15.7. The minimum atomic E-state index is -0.0746. The molecule has 0 radical (unpaired) electrons. The normalized spacial score (nSPS) is 14.2. The molecule has 172 valence electrons. The Hall–Kier alpha value is -3.68. The molecule has 8 heteroatoms. The van der Waals surface area contributed by atoms with Gasteiger partial charge in [0.15, 0.2) is 11.6 Å². The highest BCUT2D eigenvalue weighted by atomic mass is 16.2. The summed E-state index contributed by atoms with van der Waals surface area (Å²) in [4.78, 5) is 20.9. The first-order valence-corrected chi connectivity index (χ1v) is 11.2. The number of hydrogen-bond donors (Lipinski definition) is 2. The third kappa shape index (κ3) is 5.77. The highest BCUT2D eigenvalue weighted by molar-refractivity contribution is 5.89. The third-order valence-electron chi connectivity index (χ3n) is 5.72. The number of carbonyl (C=O) groups excluding carboxylic acids is 1. The van der Waals surface area contributed by atoms with Crippen LogP contribution in [0.15, 0.2) is 54.7 Å². The van der Waals surface area contributed by atoms with E-state index in [1.165, 1.54) is 5.56 Å². The second kappa shape index (κ2) is 9.44. The van der Waals surface area contributed by atoms with E-state index in [1.54, 1.807) is 6.20 Å². The van der Waals surface area contributed by atoms with Crippen molar-refractivity contribution in [2.24, 2.45) is 0 Å². The molecular formula is C25H31N7O. The summed E-state index contributed by atoms with van der Waals surface area (Å²) in [5.41, 5.74) is 3.27. The largest absolute Gasteiger partial charge is 0.352 e. The number of benzene rings is 1. The van der Waals surface area contributed by atoms with Gasteiger partial charge in [-0.2, -0.15) is 0 Å². The molecule has 0 saturated carbocycles. The molecule has 4 rings (SSSR count). The van der Waals surface area contributed by atoms with Crippen LogP contribution in [0.25, 0.3) is 0 Å². The molecule has 0 aliphatic carbocycles. The summed E-state index contributed by atoms with van der Waals surface area (Å²) >= 11 is 0. The first-order valence-electron chi connectivity index (χ1n) is 11.2. The second-order valence-corrected chi connectivity index (χ2v) is 9.35. The van der Waals surface area contributed by atoms with E-state index in [1.807, 2.05) is 48.2 Å². The lowest BCUT2D eigenvalue weighted by atomic mass is 9.87. The molecule has 1 fully saturated rings. The third-order valence-corrected chi connectivity index (χ3v) is 5.72. The van der Waals surface area contributed by atoms with Gasteiger partial charge in [-0.25, -0.2) is 9.78 Å². The first kappa shape index (κ1) is 22.5. The van der Waals surface area contributed by atoms with E-state index >= 15 is 0 Å². The fraction of sp³-hybridized carbons (Fsp3) is 0.360. The molecule has 0 atom stereocenters. The van der Waals surface area contributed by atoms with Crippen molar-refractivity contribution in [2.75, 3.05) is 41.7 Å². The molecule has 2 amide bonds. The maximum Gasteiger partial charge on any atom is 0.321 e. The molecule has 0 bridgehead atoms. The van der Waals surface area contributed by atoms with Gasteiger partial charge in [0.2, 0.25) is 0 Å². The predicted molar refractivity (Wildman–Crippen MR) is 132 cm³/mol. The molecule has 3 aromatic rings. The fourth-order valence-corrected chi connectivity index (χ4v) is 3.69. The number of carbonyl (C=O) groups is 1. The molecule has 2 aromatic heterocycles. The molecule has 1 aromatic carbocycles. The number of piperazine rings is 1. The topological polar surface area (TPSA) is 86.3 Å². The van der Waals surface area contributed by atoms with Crippen LogP contribution in [0, 0.1) is 6.92 Å². The van der Waals surface area contributed by atoms with Crippen molar-refractivity contribution in [1.29, 1.82) is 0 Å². The van der Waals surface area contributed by atoms with Crippen LogP contribution in [0.2, 0.25) is 0 Å². The Bertz CT molecular complexity index is 1080. The second-order valence-electron chi connectivity index (χ2n) is 9.35. The average molecular weight is 446 g/mol.